The highest BCUT2D eigenvalue weighted by Crippen LogP contribution is 2.22. The lowest BCUT2D eigenvalue weighted by molar-refractivity contribution is 0.0935. The molecule has 0 spiro atoms. The van der Waals surface area contributed by atoms with E-state index in [1.165, 1.54) is 17.5 Å². The molecule has 0 aliphatic carbocycles. The van der Waals surface area contributed by atoms with Crippen LogP contribution in [0.3, 0.4) is 0 Å². The molecule has 20 heavy (non-hydrogen) atoms. The highest BCUT2D eigenvalue weighted by Gasteiger charge is 2.18. The number of aromatic nitrogens is 2. The number of hydrogen-bond acceptors (Lipinski definition) is 5. The van der Waals surface area contributed by atoms with Crippen LogP contribution in [-0.4, -0.2) is 22.9 Å². The second-order valence-corrected chi connectivity index (χ2v) is 5.44. The van der Waals surface area contributed by atoms with Gasteiger partial charge in [0.25, 0.3) is 5.91 Å². The van der Waals surface area contributed by atoms with E-state index in [1.54, 1.807) is 19.3 Å². The standard InChI is InChI=1S/C13H15ClN4OS/c1-3-10(13-16-4-5-20-13)18-12(19)8-6-11(15-2)17-7-9(8)14/h4-7,10H,3H2,1-2H3,(H,15,17)(H,18,19). The van der Waals surface area contributed by atoms with E-state index in [1.807, 2.05) is 12.3 Å². The number of carbonyl (C=O) groups excluding carboxylic acids is 1. The normalized spacial score (nSPS) is 11.9. The molecular weight excluding hydrogens is 296 g/mol. The molecule has 2 aromatic rings. The van der Waals surface area contributed by atoms with Crippen LogP contribution in [0.5, 0.6) is 0 Å². The minimum atomic E-state index is -0.226. The van der Waals surface area contributed by atoms with Crippen molar-refractivity contribution in [3.63, 3.8) is 0 Å². The Kier molecular flexibility index (Phi) is 4.92. The highest BCUT2D eigenvalue weighted by atomic mass is 35.5. The van der Waals surface area contributed by atoms with E-state index in [0.29, 0.717) is 16.4 Å². The molecule has 0 saturated heterocycles. The number of hydrogen-bond donors (Lipinski definition) is 2. The van der Waals surface area contributed by atoms with Gasteiger partial charge in [0.05, 0.1) is 16.6 Å². The first-order valence-corrected chi connectivity index (χ1v) is 7.45. The monoisotopic (exact) mass is 310 g/mol. The van der Waals surface area contributed by atoms with Gasteiger partial charge in [-0.25, -0.2) is 9.97 Å². The van der Waals surface area contributed by atoms with Crippen molar-refractivity contribution in [2.45, 2.75) is 19.4 Å². The van der Waals surface area contributed by atoms with Crippen LogP contribution in [0.1, 0.15) is 34.8 Å². The summed E-state index contributed by atoms with van der Waals surface area (Å²) in [6.07, 6.45) is 3.96. The second kappa shape index (κ2) is 6.67. The molecule has 1 amide bonds. The lowest BCUT2D eigenvalue weighted by Crippen LogP contribution is -2.28. The summed E-state index contributed by atoms with van der Waals surface area (Å²) in [6.45, 7) is 2.00. The molecule has 106 valence electrons. The van der Waals surface area contributed by atoms with Crippen LogP contribution in [0.2, 0.25) is 5.02 Å². The third-order valence-corrected chi connectivity index (χ3v) is 4.01. The molecule has 0 aliphatic heterocycles. The zero-order chi connectivity index (χ0) is 14.5. The first kappa shape index (κ1) is 14.7. The van der Waals surface area contributed by atoms with Crippen LogP contribution in [0.25, 0.3) is 0 Å². The largest absolute Gasteiger partial charge is 0.373 e. The highest BCUT2D eigenvalue weighted by molar-refractivity contribution is 7.09. The van der Waals surface area contributed by atoms with Crippen molar-refractivity contribution in [1.82, 2.24) is 15.3 Å². The average Bonchev–Trinajstić information content (AvgIpc) is 2.99. The van der Waals surface area contributed by atoms with Crippen LogP contribution < -0.4 is 10.6 Å². The molecule has 0 aliphatic rings. The Morgan fingerprint density at radius 1 is 1.50 bits per heavy atom. The average molecular weight is 311 g/mol. The minimum Gasteiger partial charge on any atom is -0.373 e. The van der Waals surface area contributed by atoms with E-state index >= 15 is 0 Å². The summed E-state index contributed by atoms with van der Waals surface area (Å²) in [6, 6.07) is 1.52. The Balaban J connectivity index is 2.19. The second-order valence-electron chi connectivity index (χ2n) is 4.10. The predicted molar refractivity (Wildman–Crippen MR) is 81.4 cm³/mol. The topological polar surface area (TPSA) is 66.9 Å². The smallest absolute Gasteiger partial charge is 0.253 e. The van der Waals surface area contributed by atoms with E-state index in [9.17, 15) is 4.79 Å². The van der Waals surface area contributed by atoms with Gasteiger partial charge in [0.1, 0.15) is 10.8 Å². The van der Waals surface area contributed by atoms with Gasteiger partial charge in [-0.1, -0.05) is 18.5 Å². The van der Waals surface area contributed by atoms with Gasteiger partial charge in [-0.3, -0.25) is 4.79 Å². The number of pyridine rings is 1. The molecule has 5 nitrogen and oxygen atoms in total. The van der Waals surface area contributed by atoms with Crippen LogP contribution in [0.15, 0.2) is 23.8 Å². The number of carbonyl (C=O) groups is 1. The number of thiazole rings is 1. The third kappa shape index (κ3) is 3.26. The van der Waals surface area contributed by atoms with Gasteiger partial charge in [-0.15, -0.1) is 11.3 Å². The molecule has 0 fully saturated rings. The maximum Gasteiger partial charge on any atom is 0.253 e. The summed E-state index contributed by atoms with van der Waals surface area (Å²) in [4.78, 5) is 20.6. The van der Waals surface area contributed by atoms with E-state index < -0.39 is 0 Å². The molecule has 2 aromatic heterocycles. The number of nitrogens with one attached hydrogen (secondary N) is 2. The van der Waals surface area contributed by atoms with Gasteiger partial charge in [0.2, 0.25) is 0 Å². The predicted octanol–water partition coefficient (Wildman–Crippen LogP) is 3.11. The van der Waals surface area contributed by atoms with Gasteiger partial charge in [0.15, 0.2) is 0 Å². The van der Waals surface area contributed by atoms with E-state index in [4.69, 9.17) is 11.6 Å². The van der Waals surface area contributed by atoms with Crippen molar-refractivity contribution in [2.24, 2.45) is 0 Å². The molecule has 0 saturated carbocycles. The number of rotatable bonds is 5. The van der Waals surface area contributed by atoms with Gasteiger partial charge in [-0.05, 0) is 12.5 Å². The van der Waals surface area contributed by atoms with Crippen molar-refractivity contribution >= 4 is 34.7 Å². The molecule has 0 bridgehead atoms. The lowest BCUT2D eigenvalue weighted by Gasteiger charge is -2.15. The van der Waals surface area contributed by atoms with Gasteiger partial charge < -0.3 is 10.6 Å². The van der Waals surface area contributed by atoms with E-state index in [2.05, 4.69) is 20.6 Å². The molecule has 0 aromatic carbocycles. The zero-order valence-corrected chi connectivity index (χ0v) is 12.8. The first-order valence-electron chi connectivity index (χ1n) is 6.19. The molecule has 1 atom stereocenters. The maximum absolute atomic E-state index is 12.3. The molecule has 2 rings (SSSR count). The van der Waals surface area contributed by atoms with Crippen LogP contribution in [-0.2, 0) is 0 Å². The van der Waals surface area contributed by atoms with Crippen molar-refractivity contribution in [1.29, 1.82) is 0 Å². The maximum atomic E-state index is 12.3. The summed E-state index contributed by atoms with van der Waals surface area (Å²) in [5.41, 5.74) is 0.404. The Morgan fingerprint density at radius 2 is 2.30 bits per heavy atom. The lowest BCUT2D eigenvalue weighted by atomic mass is 10.2. The number of anilines is 1. The van der Waals surface area contributed by atoms with Crippen molar-refractivity contribution in [3.8, 4) is 0 Å². The quantitative estimate of drug-likeness (QED) is 0.890. The number of halogens is 1. The summed E-state index contributed by atoms with van der Waals surface area (Å²) < 4.78 is 0. The van der Waals surface area contributed by atoms with Crippen LogP contribution in [0.4, 0.5) is 5.82 Å². The minimum absolute atomic E-state index is 0.107. The fourth-order valence-corrected chi connectivity index (χ4v) is 2.69. The molecule has 0 radical (unpaired) electrons. The molecular formula is C13H15ClN4OS. The third-order valence-electron chi connectivity index (χ3n) is 2.82. The summed E-state index contributed by atoms with van der Waals surface area (Å²) in [5, 5.41) is 8.94. The van der Waals surface area contributed by atoms with Gasteiger partial charge >= 0.3 is 0 Å². The summed E-state index contributed by atoms with van der Waals surface area (Å²) in [5.74, 6) is 0.373. The fraction of sp³-hybridized carbons (Fsp3) is 0.308. The van der Waals surface area contributed by atoms with Crippen LogP contribution in [0, 0.1) is 0 Å². The van der Waals surface area contributed by atoms with Crippen LogP contribution >= 0.6 is 22.9 Å². The summed E-state index contributed by atoms with van der Waals surface area (Å²) >= 11 is 7.56. The molecule has 1 unspecified atom stereocenters. The molecule has 2 heterocycles. The van der Waals surface area contributed by atoms with Crippen molar-refractivity contribution in [2.75, 3.05) is 12.4 Å². The molecule has 2 N–H and O–H groups in total. The Labute approximate surface area is 126 Å². The first-order chi connectivity index (χ1) is 9.65. The van der Waals surface area contributed by atoms with Gasteiger partial charge in [-0.2, -0.15) is 0 Å². The summed E-state index contributed by atoms with van der Waals surface area (Å²) in [7, 11) is 1.74. The Morgan fingerprint density at radius 3 is 2.90 bits per heavy atom. The zero-order valence-electron chi connectivity index (χ0n) is 11.2. The van der Waals surface area contributed by atoms with E-state index in [0.717, 1.165) is 11.4 Å². The number of amides is 1. The van der Waals surface area contributed by atoms with Crippen molar-refractivity contribution < 1.29 is 4.79 Å². The number of nitrogens with zero attached hydrogens (tertiary/aromatic N) is 2. The fourth-order valence-electron chi connectivity index (χ4n) is 1.73. The SMILES string of the molecule is CCC(NC(=O)c1cc(NC)ncc1Cl)c1nccs1. The molecule has 7 heteroatoms. The van der Waals surface area contributed by atoms with Gasteiger partial charge in [0, 0.05) is 24.8 Å². The Bertz CT molecular complexity index is 588. The van der Waals surface area contributed by atoms with E-state index in [-0.39, 0.29) is 11.9 Å². The Hall–Kier alpha value is -1.66. The van der Waals surface area contributed by atoms with Crippen molar-refractivity contribution in [3.05, 3.63) is 39.4 Å².